The van der Waals surface area contributed by atoms with Crippen LogP contribution < -0.4 is 10.6 Å². The van der Waals surface area contributed by atoms with E-state index in [0.717, 1.165) is 0 Å². The maximum absolute atomic E-state index is 13.1. The quantitative estimate of drug-likeness (QED) is 0.775. The number of ether oxygens (including phenoxy) is 1. The number of aromatic nitrogens is 2. The van der Waals surface area contributed by atoms with E-state index in [1.807, 2.05) is 0 Å². The molecule has 1 aromatic heterocycles. The van der Waals surface area contributed by atoms with E-state index in [1.165, 1.54) is 12.1 Å². The van der Waals surface area contributed by atoms with E-state index in [1.54, 1.807) is 6.07 Å². The predicted molar refractivity (Wildman–Crippen MR) is 85.0 cm³/mol. The van der Waals surface area contributed by atoms with Crippen LogP contribution in [0.4, 0.5) is 4.39 Å². The lowest BCUT2D eigenvalue weighted by Crippen LogP contribution is -2.51. The Labute approximate surface area is 139 Å². The number of halogens is 3. The number of benzene rings is 1. The van der Waals surface area contributed by atoms with Crippen molar-refractivity contribution in [1.29, 1.82) is 0 Å². The van der Waals surface area contributed by atoms with Crippen LogP contribution in [0.25, 0.3) is 11.0 Å². The molecule has 1 fully saturated rings. The first-order chi connectivity index (χ1) is 9.72. The first-order valence-corrected chi connectivity index (χ1v) is 6.45. The molecule has 2 aromatic rings. The van der Waals surface area contributed by atoms with Crippen molar-refractivity contribution in [3.8, 4) is 0 Å². The highest BCUT2D eigenvalue weighted by Gasteiger charge is 2.20. The minimum absolute atomic E-state index is 0. The molecule has 9 heteroatoms. The molecule has 1 aliphatic rings. The van der Waals surface area contributed by atoms with Gasteiger partial charge in [-0.3, -0.25) is 4.79 Å². The molecule has 1 aliphatic heterocycles. The van der Waals surface area contributed by atoms with Crippen LogP contribution in [0.2, 0.25) is 0 Å². The molecule has 0 aliphatic carbocycles. The average molecular weight is 351 g/mol. The normalized spacial score (nSPS) is 17.4. The number of fused-ring (bicyclic) bond motifs is 1. The number of amides is 1. The minimum Gasteiger partial charge on any atom is -0.378 e. The van der Waals surface area contributed by atoms with Crippen molar-refractivity contribution in [2.45, 2.75) is 12.6 Å². The fraction of sp³-hybridized carbons (Fsp3) is 0.385. The number of carbonyl (C=O) groups is 1. The number of aromatic amines is 1. The summed E-state index contributed by atoms with van der Waals surface area (Å²) in [4.78, 5) is 19.1. The van der Waals surface area contributed by atoms with Crippen LogP contribution in [0.5, 0.6) is 0 Å². The van der Waals surface area contributed by atoms with Crippen LogP contribution in [-0.4, -0.2) is 41.7 Å². The smallest absolute Gasteiger partial charge is 0.239 e. The van der Waals surface area contributed by atoms with Gasteiger partial charge in [0.05, 0.1) is 30.8 Å². The minimum atomic E-state index is -0.328. The zero-order chi connectivity index (χ0) is 13.9. The Kier molecular flexibility index (Phi) is 7.02. The molecule has 22 heavy (non-hydrogen) atoms. The molecule has 0 spiro atoms. The molecule has 1 unspecified atom stereocenters. The van der Waals surface area contributed by atoms with Crippen LogP contribution >= 0.6 is 24.8 Å². The van der Waals surface area contributed by atoms with Crippen molar-refractivity contribution in [3.63, 3.8) is 0 Å². The molecule has 1 amide bonds. The number of rotatable bonds is 3. The van der Waals surface area contributed by atoms with Gasteiger partial charge in [0.25, 0.3) is 0 Å². The molecule has 122 valence electrons. The van der Waals surface area contributed by atoms with E-state index >= 15 is 0 Å². The highest BCUT2D eigenvalue weighted by atomic mass is 35.5. The monoisotopic (exact) mass is 350 g/mol. The second-order valence-corrected chi connectivity index (χ2v) is 4.64. The summed E-state index contributed by atoms with van der Waals surface area (Å²) < 4.78 is 18.3. The molecule has 1 atom stereocenters. The Morgan fingerprint density at radius 2 is 2.27 bits per heavy atom. The van der Waals surface area contributed by atoms with E-state index in [-0.39, 0.29) is 49.1 Å². The van der Waals surface area contributed by atoms with Crippen molar-refractivity contribution in [1.82, 2.24) is 20.6 Å². The molecular formula is C13H17Cl2FN4O2. The largest absolute Gasteiger partial charge is 0.378 e. The highest BCUT2D eigenvalue weighted by Crippen LogP contribution is 2.12. The zero-order valence-corrected chi connectivity index (χ0v) is 13.2. The van der Waals surface area contributed by atoms with Gasteiger partial charge in [-0.15, -0.1) is 24.8 Å². The molecule has 1 aromatic carbocycles. The molecule has 1 saturated heterocycles. The third-order valence-electron chi connectivity index (χ3n) is 3.16. The summed E-state index contributed by atoms with van der Waals surface area (Å²) in [7, 11) is 0. The molecule has 2 heterocycles. The van der Waals surface area contributed by atoms with Gasteiger partial charge in [-0.05, 0) is 18.2 Å². The van der Waals surface area contributed by atoms with E-state index in [4.69, 9.17) is 4.74 Å². The van der Waals surface area contributed by atoms with Gasteiger partial charge in [0, 0.05) is 6.54 Å². The topological polar surface area (TPSA) is 79.0 Å². The highest BCUT2D eigenvalue weighted by molar-refractivity contribution is 5.85. The summed E-state index contributed by atoms with van der Waals surface area (Å²) in [6.45, 7) is 1.94. The Morgan fingerprint density at radius 3 is 3.00 bits per heavy atom. The van der Waals surface area contributed by atoms with Crippen molar-refractivity contribution in [2.24, 2.45) is 0 Å². The number of carbonyl (C=O) groups excluding carboxylic acids is 1. The van der Waals surface area contributed by atoms with E-state index in [2.05, 4.69) is 20.6 Å². The molecule has 0 radical (unpaired) electrons. The first-order valence-electron chi connectivity index (χ1n) is 6.45. The lowest BCUT2D eigenvalue weighted by atomic mass is 10.2. The van der Waals surface area contributed by atoms with Gasteiger partial charge in [-0.2, -0.15) is 0 Å². The Hall–Kier alpha value is -1.41. The molecule has 0 saturated carbocycles. The van der Waals surface area contributed by atoms with Crippen LogP contribution in [-0.2, 0) is 16.1 Å². The third-order valence-corrected chi connectivity index (χ3v) is 3.16. The molecule has 6 nitrogen and oxygen atoms in total. The lowest BCUT2D eigenvalue weighted by Gasteiger charge is -2.22. The van der Waals surface area contributed by atoms with Gasteiger partial charge >= 0.3 is 0 Å². The molecular weight excluding hydrogens is 334 g/mol. The SMILES string of the molecule is Cl.Cl.O=C(NCc1nc2ccc(F)cc2[nH]1)C1COCCN1. The number of H-pyrrole nitrogens is 1. The fourth-order valence-electron chi connectivity index (χ4n) is 2.15. The van der Waals surface area contributed by atoms with Crippen molar-refractivity contribution < 1.29 is 13.9 Å². The van der Waals surface area contributed by atoms with Gasteiger partial charge < -0.3 is 20.4 Å². The number of hydrogen-bond acceptors (Lipinski definition) is 4. The van der Waals surface area contributed by atoms with Crippen LogP contribution in [0.1, 0.15) is 5.82 Å². The van der Waals surface area contributed by atoms with Crippen molar-refractivity contribution in [2.75, 3.05) is 19.8 Å². The number of morpholine rings is 1. The summed E-state index contributed by atoms with van der Waals surface area (Å²) >= 11 is 0. The van der Waals surface area contributed by atoms with Crippen LogP contribution in [0.15, 0.2) is 18.2 Å². The second kappa shape index (κ2) is 8.28. The average Bonchev–Trinajstić information content (AvgIpc) is 2.87. The molecule has 3 rings (SSSR count). The van der Waals surface area contributed by atoms with Gasteiger partial charge in [-0.25, -0.2) is 9.37 Å². The number of hydrogen-bond donors (Lipinski definition) is 3. The predicted octanol–water partition coefficient (Wildman–Crippen LogP) is 1.15. The maximum Gasteiger partial charge on any atom is 0.239 e. The summed E-state index contributed by atoms with van der Waals surface area (Å²) in [5.41, 5.74) is 1.29. The van der Waals surface area contributed by atoms with Gasteiger partial charge in [-0.1, -0.05) is 0 Å². The number of nitrogens with one attached hydrogen (secondary N) is 3. The van der Waals surface area contributed by atoms with E-state index in [0.29, 0.717) is 36.6 Å². The van der Waals surface area contributed by atoms with Gasteiger partial charge in [0.15, 0.2) is 0 Å². The van der Waals surface area contributed by atoms with E-state index < -0.39 is 0 Å². The van der Waals surface area contributed by atoms with Gasteiger partial charge in [0.1, 0.15) is 17.7 Å². The van der Waals surface area contributed by atoms with E-state index in [9.17, 15) is 9.18 Å². The Balaban J connectivity index is 0.00000121. The number of imidazole rings is 1. The van der Waals surface area contributed by atoms with Crippen LogP contribution in [0.3, 0.4) is 0 Å². The summed E-state index contributed by atoms with van der Waals surface area (Å²) in [6, 6.07) is 4.01. The maximum atomic E-state index is 13.1. The summed E-state index contributed by atoms with van der Waals surface area (Å²) in [5, 5.41) is 5.85. The van der Waals surface area contributed by atoms with Crippen LogP contribution in [0, 0.1) is 5.82 Å². The summed E-state index contributed by atoms with van der Waals surface area (Å²) in [6.07, 6.45) is 0. The summed E-state index contributed by atoms with van der Waals surface area (Å²) in [5.74, 6) is 0.146. The van der Waals surface area contributed by atoms with Crippen molar-refractivity contribution in [3.05, 3.63) is 29.8 Å². The second-order valence-electron chi connectivity index (χ2n) is 4.64. The standard InChI is InChI=1S/C13H15FN4O2.2ClH/c14-8-1-2-9-10(5-8)18-12(17-9)6-16-13(19)11-7-20-4-3-15-11;;/h1-2,5,11,15H,3-4,6-7H2,(H,16,19)(H,17,18);2*1H. The van der Waals surface area contributed by atoms with Crippen molar-refractivity contribution >= 4 is 41.8 Å². The number of nitrogens with zero attached hydrogens (tertiary/aromatic N) is 1. The fourth-order valence-corrected chi connectivity index (χ4v) is 2.15. The van der Waals surface area contributed by atoms with Gasteiger partial charge in [0.2, 0.25) is 5.91 Å². The zero-order valence-electron chi connectivity index (χ0n) is 11.6. The Morgan fingerprint density at radius 1 is 1.45 bits per heavy atom. The molecule has 0 bridgehead atoms. The lowest BCUT2D eigenvalue weighted by molar-refractivity contribution is -0.126. The molecule has 3 N–H and O–H groups in total. The first kappa shape index (κ1) is 18.6. The third kappa shape index (κ3) is 4.30. The Bertz CT molecular complexity index is 632.